The zero-order chi connectivity index (χ0) is 10.1. The number of rotatable bonds is 0. The largest absolute Gasteiger partial charge is 0.393 e. The fraction of sp³-hybridized carbons (Fsp3) is 0.600. The van der Waals surface area contributed by atoms with Gasteiger partial charge in [0.2, 0.25) is 0 Å². The van der Waals surface area contributed by atoms with Crippen LogP contribution in [0.3, 0.4) is 0 Å². The summed E-state index contributed by atoms with van der Waals surface area (Å²) in [5.41, 5.74) is -1.30. The number of fused-ring (bicyclic) bond motifs is 5. The summed E-state index contributed by atoms with van der Waals surface area (Å²) in [6.45, 7) is 3.64. The van der Waals surface area contributed by atoms with Crippen molar-refractivity contribution in [2.45, 2.75) is 25.0 Å². The number of carbonyl (C=O) groups excluding carboxylic acids is 2. The number of esters is 2. The summed E-state index contributed by atoms with van der Waals surface area (Å²) in [5.74, 6) is -1.80. The molecule has 0 aliphatic carbocycles. The van der Waals surface area contributed by atoms with Crippen LogP contribution in [0.1, 0.15) is 13.8 Å². The van der Waals surface area contributed by atoms with Crippen molar-refractivity contribution in [1.29, 1.82) is 0 Å². The molecule has 3 aliphatic heterocycles. The van der Waals surface area contributed by atoms with E-state index in [9.17, 15) is 9.59 Å². The smallest absolute Gasteiger partial charge is 0.320 e. The molecule has 4 atom stereocenters. The molecule has 0 spiro atoms. The summed E-state index contributed by atoms with van der Waals surface area (Å²) in [6, 6.07) is 0. The maximum Gasteiger partial charge on any atom is 0.320 e. The second-order valence-corrected chi connectivity index (χ2v) is 4.50. The first-order chi connectivity index (χ1) is 6.46. The first kappa shape index (κ1) is 8.17. The van der Waals surface area contributed by atoms with E-state index < -0.39 is 35.0 Å². The van der Waals surface area contributed by atoms with Gasteiger partial charge in [0.15, 0.2) is 0 Å². The van der Waals surface area contributed by atoms with Crippen LogP contribution in [0.2, 0.25) is 0 Å². The molecule has 14 heavy (non-hydrogen) atoms. The lowest BCUT2D eigenvalue weighted by atomic mass is 9.73. The maximum absolute atomic E-state index is 11.4. The molecule has 0 aromatic rings. The van der Waals surface area contributed by atoms with Gasteiger partial charge in [-0.2, -0.15) is 0 Å². The second kappa shape index (κ2) is 1.93. The van der Waals surface area contributed by atoms with Gasteiger partial charge in [-0.05, 0) is 13.8 Å². The Morgan fingerprint density at radius 1 is 1.07 bits per heavy atom. The molecule has 2 unspecified atom stereocenters. The third kappa shape index (κ3) is 0.661. The van der Waals surface area contributed by atoms with Crippen LogP contribution in [0.15, 0.2) is 12.2 Å². The summed E-state index contributed by atoms with van der Waals surface area (Å²) in [7, 11) is 0. The molecule has 0 radical (unpaired) electrons. The summed E-state index contributed by atoms with van der Waals surface area (Å²) >= 11 is 0. The first-order valence-corrected chi connectivity index (χ1v) is 4.62. The molecule has 3 rings (SSSR count). The predicted molar refractivity (Wildman–Crippen MR) is 45.1 cm³/mol. The van der Waals surface area contributed by atoms with E-state index in [0.29, 0.717) is 0 Å². The van der Waals surface area contributed by atoms with E-state index in [1.165, 1.54) is 0 Å². The molecule has 4 nitrogen and oxygen atoms in total. The van der Waals surface area contributed by atoms with Crippen LogP contribution in [0.4, 0.5) is 0 Å². The maximum atomic E-state index is 11.4. The SMILES string of the molecule is C[C@]12C=C[C@](C)(O1)C1C(=O)OC(=O)C12. The van der Waals surface area contributed by atoms with Crippen molar-refractivity contribution in [2.75, 3.05) is 0 Å². The Balaban J connectivity index is 2.18. The molecule has 74 valence electrons. The van der Waals surface area contributed by atoms with E-state index >= 15 is 0 Å². The molecule has 2 fully saturated rings. The van der Waals surface area contributed by atoms with E-state index in [-0.39, 0.29) is 0 Å². The van der Waals surface area contributed by atoms with Crippen LogP contribution in [0.5, 0.6) is 0 Å². The van der Waals surface area contributed by atoms with Crippen LogP contribution >= 0.6 is 0 Å². The van der Waals surface area contributed by atoms with Crippen molar-refractivity contribution < 1.29 is 19.1 Å². The average Bonchev–Trinajstić information content (AvgIpc) is 2.60. The minimum Gasteiger partial charge on any atom is -0.393 e. The molecule has 0 aromatic carbocycles. The van der Waals surface area contributed by atoms with Crippen LogP contribution in [-0.4, -0.2) is 23.1 Å². The van der Waals surface area contributed by atoms with Crippen molar-refractivity contribution >= 4 is 11.9 Å². The van der Waals surface area contributed by atoms with Crippen LogP contribution in [-0.2, 0) is 19.1 Å². The van der Waals surface area contributed by atoms with Gasteiger partial charge in [-0.1, -0.05) is 12.2 Å². The van der Waals surface area contributed by atoms with Crippen molar-refractivity contribution in [2.24, 2.45) is 11.8 Å². The molecule has 2 bridgehead atoms. The van der Waals surface area contributed by atoms with Gasteiger partial charge in [0.25, 0.3) is 0 Å². The highest BCUT2D eigenvalue weighted by atomic mass is 16.6. The standard InChI is InChI=1S/C10H10O4/c1-9-3-4-10(2,14-9)6-5(9)7(11)13-8(6)12/h3-6H,1-2H3/t5?,6?,9-,10+. The van der Waals surface area contributed by atoms with Crippen LogP contribution in [0, 0.1) is 11.8 Å². The Labute approximate surface area is 80.9 Å². The van der Waals surface area contributed by atoms with Gasteiger partial charge < -0.3 is 9.47 Å². The topological polar surface area (TPSA) is 52.6 Å². The van der Waals surface area contributed by atoms with E-state index in [1.807, 2.05) is 26.0 Å². The van der Waals surface area contributed by atoms with Crippen LogP contribution < -0.4 is 0 Å². The lowest BCUT2D eigenvalue weighted by Crippen LogP contribution is -2.36. The number of hydrogen-bond donors (Lipinski definition) is 0. The minimum atomic E-state index is -0.650. The quantitative estimate of drug-likeness (QED) is 0.318. The molecule has 3 heterocycles. The lowest BCUT2D eigenvalue weighted by Gasteiger charge is -2.20. The highest BCUT2D eigenvalue weighted by Crippen LogP contribution is 2.56. The van der Waals surface area contributed by atoms with Crippen molar-refractivity contribution in [1.82, 2.24) is 0 Å². The van der Waals surface area contributed by atoms with Gasteiger partial charge in [-0.25, -0.2) is 0 Å². The molecule has 2 saturated heterocycles. The number of hydrogen-bond acceptors (Lipinski definition) is 4. The highest BCUT2D eigenvalue weighted by Gasteiger charge is 2.69. The van der Waals surface area contributed by atoms with E-state index in [2.05, 4.69) is 4.74 Å². The van der Waals surface area contributed by atoms with Crippen LogP contribution in [0.25, 0.3) is 0 Å². The first-order valence-electron chi connectivity index (χ1n) is 4.62. The number of ether oxygens (including phenoxy) is 2. The summed E-state index contributed by atoms with van der Waals surface area (Å²) in [5, 5.41) is 0. The van der Waals surface area contributed by atoms with Gasteiger partial charge in [0, 0.05) is 0 Å². The van der Waals surface area contributed by atoms with Crippen molar-refractivity contribution in [3.63, 3.8) is 0 Å². The molecular weight excluding hydrogens is 184 g/mol. The Kier molecular flexibility index (Phi) is 1.13. The third-order valence-electron chi connectivity index (χ3n) is 3.46. The van der Waals surface area contributed by atoms with Crippen molar-refractivity contribution in [3.8, 4) is 0 Å². The van der Waals surface area contributed by atoms with E-state index in [4.69, 9.17) is 4.74 Å². The van der Waals surface area contributed by atoms with Gasteiger partial charge >= 0.3 is 11.9 Å². The fourth-order valence-electron chi connectivity index (χ4n) is 2.84. The lowest BCUT2D eigenvalue weighted by molar-refractivity contribution is -0.160. The van der Waals surface area contributed by atoms with E-state index in [1.54, 1.807) is 0 Å². The van der Waals surface area contributed by atoms with Gasteiger partial charge in [-0.15, -0.1) is 0 Å². The Bertz CT molecular complexity index is 352. The summed E-state index contributed by atoms with van der Waals surface area (Å²) in [6.07, 6.45) is 3.71. The average molecular weight is 194 g/mol. The molecule has 4 heteroatoms. The zero-order valence-electron chi connectivity index (χ0n) is 7.94. The van der Waals surface area contributed by atoms with Gasteiger partial charge in [-0.3, -0.25) is 9.59 Å². The highest BCUT2D eigenvalue weighted by molar-refractivity contribution is 5.99. The molecule has 0 saturated carbocycles. The summed E-state index contributed by atoms with van der Waals surface area (Å²) in [4.78, 5) is 22.9. The van der Waals surface area contributed by atoms with Gasteiger partial charge in [0.1, 0.15) is 11.8 Å². The molecule has 0 N–H and O–H groups in total. The second-order valence-electron chi connectivity index (χ2n) is 4.50. The number of carbonyl (C=O) groups is 2. The molecule has 0 amide bonds. The van der Waals surface area contributed by atoms with Crippen molar-refractivity contribution in [3.05, 3.63) is 12.2 Å². The predicted octanol–water partition coefficient (Wildman–Crippen LogP) is 0.420. The number of cyclic esters (lactones) is 2. The Morgan fingerprint density at radius 3 is 1.93 bits per heavy atom. The Hall–Kier alpha value is -1.16. The monoisotopic (exact) mass is 194 g/mol. The molecular formula is C10H10O4. The normalized spacial score (nSPS) is 53.9. The van der Waals surface area contributed by atoms with E-state index in [0.717, 1.165) is 0 Å². The third-order valence-corrected chi connectivity index (χ3v) is 3.46. The fourth-order valence-corrected chi connectivity index (χ4v) is 2.84. The Morgan fingerprint density at radius 2 is 1.50 bits per heavy atom. The van der Waals surface area contributed by atoms with Gasteiger partial charge in [0.05, 0.1) is 11.2 Å². The molecule has 0 aromatic heterocycles. The zero-order valence-corrected chi connectivity index (χ0v) is 7.94. The minimum absolute atomic E-state index is 0.449. The molecule has 3 aliphatic rings. The summed E-state index contributed by atoms with van der Waals surface area (Å²) < 4.78 is 10.4.